The number of halogens is 1. The predicted octanol–water partition coefficient (Wildman–Crippen LogP) is 2.69. The van der Waals surface area contributed by atoms with Crippen LogP contribution in [-0.4, -0.2) is 4.98 Å². The van der Waals surface area contributed by atoms with E-state index in [1.54, 1.807) is 6.20 Å². The largest absolute Gasteiger partial charge is 0.254 e. The fourth-order valence-electron chi connectivity index (χ4n) is 0.998. The first-order valence-corrected chi connectivity index (χ1v) is 3.66. The van der Waals surface area contributed by atoms with Gasteiger partial charge in [-0.15, -0.1) is 0 Å². The van der Waals surface area contributed by atoms with Crippen molar-refractivity contribution in [3.05, 3.63) is 41.7 Å². The summed E-state index contributed by atoms with van der Waals surface area (Å²) in [6.45, 7) is 0. The van der Waals surface area contributed by atoms with Gasteiger partial charge in [0.15, 0.2) is 0 Å². The summed E-state index contributed by atoms with van der Waals surface area (Å²) in [4.78, 5) is 3.87. The molecule has 0 unspecified atom stereocenters. The minimum Gasteiger partial charge on any atom is -0.254 e. The van der Waals surface area contributed by atoms with Crippen LogP contribution in [0.15, 0.2) is 30.5 Å². The Bertz CT molecular complexity index is 384. The molecule has 0 saturated heterocycles. The molecule has 0 amide bonds. The van der Waals surface area contributed by atoms with Crippen molar-refractivity contribution in [1.82, 2.24) is 4.98 Å². The Balaban J connectivity index is 2.83. The van der Waals surface area contributed by atoms with E-state index in [0.29, 0.717) is 0 Å². The highest BCUT2D eigenvalue weighted by molar-refractivity contribution is 6.31. The fourth-order valence-corrected chi connectivity index (χ4v) is 1.18. The zero-order chi connectivity index (χ0) is 7.68. The predicted molar refractivity (Wildman–Crippen MR) is 45.6 cm³/mol. The van der Waals surface area contributed by atoms with Gasteiger partial charge in [0.1, 0.15) is 0 Å². The Kier molecular flexibility index (Phi) is 1.51. The standard InChI is InChI=1S/C9H5ClN/c10-9-2-1-8-6-11-4-3-7(8)5-9/h1-5H. The lowest BCUT2D eigenvalue weighted by molar-refractivity contribution is 1.35. The highest BCUT2D eigenvalue weighted by Crippen LogP contribution is 2.16. The number of fused-ring (bicyclic) bond motifs is 1. The third-order valence-electron chi connectivity index (χ3n) is 1.53. The second kappa shape index (κ2) is 2.51. The number of pyridine rings is 1. The summed E-state index contributed by atoms with van der Waals surface area (Å²) >= 11 is 5.78. The maximum absolute atomic E-state index is 5.78. The van der Waals surface area contributed by atoms with E-state index in [1.165, 1.54) is 0 Å². The smallest absolute Gasteiger partial charge is 0.0970 e. The van der Waals surface area contributed by atoms with Gasteiger partial charge in [-0.1, -0.05) is 17.7 Å². The molecule has 1 heterocycles. The molecule has 2 rings (SSSR count). The maximum atomic E-state index is 5.78. The Morgan fingerprint density at radius 1 is 1.27 bits per heavy atom. The second-order valence-electron chi connectivity index (χ2n) is 2.29. The summed E-state index contributed by atoms with van der Waals surface area (Å²) in [7, 11) is 0. The van der Waals surface area contributed by atoms with Crippen molar-refractivity contribution in [2.75, 3.05) is 0 Å². The molecular formula is C9H5ClN. The molecule has 2 aromatic rings. The Morgan fingerprint density at radius 3 is 3.09 bits per heavy atom. The van der Waals surface area contributed by atoms with E-state index in [-0.39, 0.29) is 0 Å². The van der Waals surface area contributed by atoms with E-state index in [4.69, 9.17) is 11.6 Å². The summed E-state index contributed by atoms with van der Waals surface area (Å²) in [6.07, 6.45) is 4.58. The van der Waals surface area contributed by atoms with Gasteiger partial charge >= 0.3 is 0 Å². The summed E-state index contributed by atoms with van der Waals surface area (Å²) in [5.41, 5.74) is 0. The number of hydrogen-bond donors (Lipinski definition) is 0. The van der Waals surface area contributed by atoms with Crippen LogP contribution in [0.3, 0.4) is 0 Å². The number of benzene rings is 1. The van der Waals surface area contributed by atoms with Crippen LogP contribution in [0, 0.1) is 6.20 Å². The van der Waals surface area contributed by atoms with E-state index in [9.17, 15) is 0 Å². The van der Waals surface area contributed by atoms with Gasteiger partial charge in [-0.2, -0.15) is 0 Å². The van der Waals surface area contributed by atoms with Crippen LogP contribution in [0.4, 0.5) is 0 Å². The minimum atomic E-state index is 0.747. The molecule has 0 aliphatic heterocycles. The van der Waals surface area contributed by atoms with Crippen molar-refractivity contribution in [3.63, 3.8) is 0 Å². The van der Waals surface area contributed by atoms with E-state index in [2.05, 4.69) is 11.2 Å². The van der Waals surface area contributed by atoms with E-state index in [0.717, 1.165) is 15.8 Å². The van der Waals surface area contributed by atoms with Gasteiger partial charge in [0.2, 0.25) is 0 Å². The normalized spacial score (nSPS) is 10.3. The first-order valence-electron chi connectivity index (χ1n) is 3.28. The SMILES string of the molecule is Clc1ccc2[c]nccc2c1. The molecule has 0 N–H and O–H groups in total. The molecule has 0 atom stereocenters. The Hall–Kier alpha value is -1.08. The van der Waals surface area contributed by atoms with Crippen LogP contribution in [0.5, 0.6) is 0 Å². The van der Waals surface area contributed by atoms with Crippen molar-refractivity contribution in [2.45, 2.75) is 0 Å². The fraction of sp³-hybridized carbons (Fsp3) is 0. The van der Waals surface area contributed by atoms with Crippen molar-refractivity contribution in [3.8, 4) is 0 Å². The number of nitrogens with zero attached hydrogens (tertiary/aromatic N) is 1. The van der Waals surface area contributed by atoms with E-state index < -0.39 is 0 Å². The van der Waals surface area contributed by atoms with Crippen LogP contribution < -0.4 is 0 Å². The maximum Gasteiger partial charge on any atom is 0.0970 e. The molecule has 11 heavy (non-hydrogen) atoms. The molecule has 0 aliphatic carbocycles. The quantitative estimate of drug-likeness (QED) is 0.581. The molecule has 0 fully saturated rings. The number of rotatable bonds is 0. The van der Waals surface area contributed by atoms with E-state index >= 15 is 0 Å². The second-order valence-corrected chi connectivity index (χ2v) is 2.72. The summed E-state index contributed by atoms with van der Waals surface area (Å²) < 4.78 is 0. The molecule has 0 bridgehead atoms. The average Bonchev–Trinajstić information content (AvgIpc) is 2.04. The van der Waals surface area contributed by atoms with Crippen molar-refractivity contribution >= 4 is 22.4 Å². The lowest BCUT2D eigenvalue weighted by atomic mass is 10.2. The Labute approximate surface area is 69.6 Å². The summed E-state index contributed by atoms with van der Waals surface area (Å²) in [5, 5.41) is 2.82. The van der Waals surface area contributed by atoms with Crippen LogP contribution in [0.1, 0.15) is 0 Å². The number of hydrogen-bond acceptors (Lipinski definition) is 1. The van der Waals surface area contributed by atoms with Gasteiger partial charge in [-0.3, -0.25) is 4.98 Å². The first-order chi connectivity index (χ1) is 5.36. The van der Waals surface area contributed by atoms with Crippen molar-refractivity contribution < 1.29 is 0 Å². The van der Waals surface area contributed by atoms with Crippen LogP contribution in [-0.2, 0) is 0 Å². The highest BCUT2D eigenvalue weighted by atomic mass is 35.5. The van der Waals surface area contributed by atoms with Gasteiger partial charge in [0.05, 0.1) is 6.20 Å². The molecule has 53 valence electrons. The third-order valence-corrected chi connectivity index (χ3v) is 1.76. The zero-order valence-electron chi connectivity index (χ0n) is 5.71. The van der Waals surface area contributed by atoms with Crippen LogP contribution >= 0.6 is 11.6 Å². The minimum absolute atomic E-state index is 0.747. The molecule has 0 saturated carbocycles. The molecule has 1 radical (unpaired) electrons. The molecule has 0 spiro atoms. The Morgan fingerprint density at radius 2 is 2.18 bits per heavy atom. The molecular weight excluding hydrogens is 158 g/mol. The topological polar surface area (TPSA) is 12.9 Å². The van der Waals surface area contributed by atoms with Gasteiger partial charge in [-0.05, 0) is 23.6 Å². The van der Waals surface area contributed by atoms with Crippen LogP contribution in [0.2, 0.25) is 5.02 Å². The van der Waals surface area contributed by atoms with Crippen molar-refractivity contribution in [2.24, 2.45) is 0 Å². The van der Waals surface area contributed by atoms with E-state index in [1.807, 2.05) is 24.3 Å². The molecule has 0 aliphatic rings. The number of aromatic nitrogens is 1. The average molecular weight is 163 g/mol. The van der Waals surface area contributed by atoms with Gasteiger partial charge in [0, 0.05) is 16.6 Å². The van der Waals surface area contributed by atoms with Gasteiger partial charge in [-0.25, -0.2) is 0 Å². The highest BCUT2D eigenvalue weighted by Gasteiger charge is 1.92. The van der Waals surface area contributed by atoms with Crippen molar-refractivity contribution in [1.29, 1.82) is 0 Å². The first kappa shape index (κ1) is 6.62. The molecule has 1 nitrogen and oxygen atoms in total. The zero-order valence-corrected chi connectivity index (χ0v) is 6.47. The molecule has 1 aromatic heterocycles. The third kappa shape index (κ3) is 1.19. The lowest BCUT2D eigenvalue weighted by Crippen LogP contribution is -1.74. The lowest BCUT2D eigenvalue weighted by Gasteiger charge is -1.94. The monoisotopic (exact) mass is 162 g/mol. The van der Waals surface area contributed by atoms with Crippen LogP contribution in [0.25, 0.3) is 10.8 Å². The van der Waals surface area contributed by atoms with Gasteiger partial charge < -0.3 is 0 Å². The summed E-state index contributed by atoms with van der Waals surface area (Å²) in [6, 6.07) is 7.56. The molecule has 2 heteroatoms. The molecule has 1 aromatic carbocycles. The van der Waals surface area contributed by atoms with Gasteiger partial charge in [0.25, 0.3) is 0 Å². The summed E-state index contributed by atoms with van der Waals surface area (Å²) in [5.74, 6) is 0.